The molecule has 1 aliphatic heterocycles. The molecule has 0 bridgehead atoms. The molecule has 1 aromatic rings. The first kappa shape index (κ1) is 19.4. The molecule has 0 aromatic heterocycles. The molecule has 5 nitrogen and oxygen atoms in total. The minimum absolute atomic E-state index is 0.0377. The van der Waals surface area contributed by atoms with Gasteiger partial charge in [-0.05, 0) is 31.9 Å². The number of aryl methyl sites for hydroxylation is 2. The van der Waals surface area contributed by atoms with Crippen molar-refractivity contribution in [2.45, 2.75) is 39.5 Å². The number of carbonyl (C=O) groups excluding carboxylic acids is 2. The Kier molecular flexibility index (Phi) is 7.92. The number of hydrogen-bond acceptors (Lipinski definition) is 3. The first-order valence-corrected chi connectivity index (χ1v) is 9.41. The van der Waals surface area contributed by atoms with E-state index in [2.05, 4.69) is 48.3 Å². The third kappa shape index (κ3) is 6.86. The third-order valence-electron chi connectivity index (χ3n) is 4.82. The smallest absolute Gasteiger partial charge is 0.224 e. The molecule has 0 spiro atoms. The fourth-order valence-electron chi connectivity index (χ4n) is 3.08. The summed E-state index contributed by atoms with van der Waals surface area (Å²) >= 11 is 0. The molecule has 0 unspecified atom stereocenters. The normalized spacial score (nSPS) is 15.2. The predicted molar refractivity (Wildman–Crippen MR) is 100 cm³/mol. The van der Waals surface area contributed by atoms with E-state index in [1.807, 2.05) is 4.90 Å². The minimum Gasteiger partial charge on any atom is -0.356 e. The van der Waals surface area contributed by atoms with Gasteiger partial charge in [-0.1, -0.05) is 36.8 Å². The number of rotatable bonds is 8. The monoisotopic (exact) mass is 345 g/mol. The van der Waals surface area contributed by atoms with Crippen LogP contribution in [0.25, 0.3) is 0 Å². The van der Waals surface area contributed by atoms with Crippen LogP contribution < -0.4 is 5.32 Å². The van der Waals surface area contributed by atoms with Crippen LogP contribution >= 0.6 is 0 Å². The van der Waals surface area contributed by atoms with E-state index in [-0.39, 0.29) is 11.8 Å². The molecule has 1 aromatic carbocycles. The molecule has 1 heterocycles. The number of hydrogen-bond donors (Lipinski definition) is 1. The molecule has 5 heteroatoms. The Bertz CT molecular complexity index is 549. The standard InChI is InChI=1S/C20H31N3O2/c1-3-22-13-15-23(16-14-22)20(25)11-12-21-19(24)6-4-5-18-9-7-17(2)8-10-18/h7-10H,3-6,11-16H2,1-2H3,(H,21,24). The number of amides is 2. The molecule has 0 saturated carbocycles. The van der Waals surface area contributed by atoms with E-state index in [0.29, 0.717) is 19.4 Å². The number of likely N-dealkylation sites (N-methyl/N-ethyl adjacent to an activating group) is 1. The summed E-state index contributed by atoms with van der Waals surface area (Å²) in [5.74, 6) is 0.187. The van der Waals surface area contributed by atoms with Crippen molar-refractivity contribution in [3.8, 4) is 0 Å². The van der Waals surface area contributed by atoms with Gasteiger partial charge < -0.3 is 15.1 Å². The largest absolute Gasteiger partial charge is 0.356 e. The topological polar surface area (TPSA) is 52.6 Å². The summed E-state index contributed by atoms with van der Waals surface area (Å²) in [7, 11) is 0. The van der Waals surface area contributed by atoms with Crippen LogP contribution in [0.5, 0.6) is 0 Å². The SMILES string of the molecule is CCN1CCN(C(=O)CCNC(=O)CCCc2ccc(C)cc2)CC1. The van der Waals surface area contributed by atoms with Crippen LogP contribution in [0.4, 0.5) is 0 Å². The lowest BCUT2D eigenvalue weighted by atomic mass is 10.1. The van der Waals surface area contributed by atoms with E-state index in [0.717, 1.165) is 45.6 Å². The van der Waals surface area contributed by atoms with E-state index in [1.54, 1.807) is 0 Å². The van der Waals surface area contributed by atoms with Crippen LogP contribution in [0.1, 0.15) is 37.3 Å². The summed E-state index contributed by atoms with van der Waals surface area (Å²) in [6.07, 6.45) is 2.66. The average Bonchev–Trinajstić information content (AvgIpc) is 2.63. The van der Waals surface area contributed by atoms with Crippen LogP contribution in [-0.2, 0) is 16.0 Å². The second-order valence-electron chi connectivity index (χ2n) is 6.75. The minimum atomic E-state index is 0.0377. The van der Waals surface area contributed by atoms with Crippen molar-refractivity contribution in [1.29, 1.82) is 0 Å². The predicted octanol–water partition coefficient (Wildman–Crippen LogP) is 1.99. The number of carbonyl (C=O) groups is 2. The zero-order valence-electron chi connectivity index (χ0n) is 15.6. The molecular formula is C20H31N3O2. The Morgan fingerprint density at radius 3 is 2.36 bits per heavy atom. The summed E-state index contributed by atoms with van der Waals surface area (Å²) in [6.45, 7) is 9.21. The van der Waals surface area contributed by atoms with Crippen molar-refractivity contribution in [3.05, 3.63) is 35.4 Å². The molecule has 1 saturated heterocycles. The maximum Gasteiger partial charge on any atom is 0.224 e. The van der Waals surface area contributed by atoms with Crippen molar-refractivity contribution >= 4 is 11.8 Å². The van der Waals surface area contributed by atoms with E-state index >= 15 is 0 Å². The third-order valence-corrected chi connectivity index (χ3v) is 4.82. The Hall–Kier alpha value is -1.88. The first-order valence-electron chi connectivity index (χ1n) is 9.41. The average molecular weight is 345 g/mol. The summed E-state index contributed by atoms with van der Waals surface area (Å²) in [6, 6.07) is 8.43. The maximum absolute atomic E-state index is 12.2. The second kappa shape index (κ2) is 10.2. The van der Waals surface area contributed by atoms with Gasteiger partial charge in [-0.15, -0.1) is 0 Å². The molecule has 2 rings (SSSR count). The summed E-state index contributed by atoms with van der Waals surface area (Å²) < 4.78 is 0. The maximum atomic E-state index is 12.2. The molecule has 25 heavy (non-hydrogen) atoms. The van der Waals surface area contributed by atoms with E-state index in [1.165, 1.54) is 11.1 Å². The van der Waals surface area contributed by atoms with Gasteiger partial charge in [0.1, 0.15) is 0 Å². The van der Waals surface area contributed by atoms with Crippen LogP contribution in [0.15, 0.2) is 24.3 Å². The lowest BCUT2D eigenvalue weighted by Crippen LogP contribution is -2.49. The van der Waals surface area contributed by atoms with Gasteiger partial charge in [0.05, 0.1) is 0 Å². The highest BCUT2D eigenvalue weighted by Crippen LogP contribution is 2.07. The quantitative estimate of drug-likeness (QED) is 0.784. The van der Waals surface area contributed by atoms with Gasteiger partial charge >= 0.3 is 0 Å². The van der Waals surface area contributed by atoms with Crippen LogP contribution in [0, 0.1) is 6.92 Å². The van der Waals surface area contributed by atoms with Gasteiger partial charge in [0, 0.05) is 45.6 Å². The van der Waals surface area contributed by atoms with Crippen LogP contribution in [-0.4, -0.2) is 60.9 Å². The van der Waals surface area contributed by atoms with Crippen molar-refractivity contribution < 1.29 is 9.59 Å². The molecule has 1 aliphatic rings. The fourth-order valence-corrected chi connectivity index (χ4v) is 3.08. The van der Waals surface area contributed by atoms with Gasteiger partial charge in [0.15, 0.2) is 0 Å². The number of benzene rings is 1. The summed E-state index contributed by atoms with van der Waals surface area (Å²) in [5, 5.41) is 2.87. The molecule has 1 fully saturated rings. The molecule has 1 N–H and O–H groups in total. The van der Waals surface area contributed by atoms with E-state index in [9.17, 15) is 9.59 Å². The lowest BCUT2D eigenvalue weighted by molar-refractivity contribution is -0.132. The molecule has 138 valence electrons. The van der Waals surface area contributed by atoms with Crippen LogP contribution in [0.2, 0.25) is 0 Å². The Balaban J connectivity index is 1.56. The molecule has 0 radical (unpaired) electrons. The zero-order valence-corrected chi connectivity index (χ0v) is 15.6. The number of piperazine rings is 1. The Morgan fingerprint density at radius 2 is 1.72 bits per heavy atom. The van der Waals surface area contributed by atoms with Crippen LogP contribution in [0.3, 0.4) is 0 Å². The summed E-state index contributed by atoms with van der Waals surface area (Å²) in [5.41, 5.74) is 2.52. The lowest BCUT2D eigenvalue weighted by Gasteiger charge is -2.34. The van der Waals surface area contributed by atoms with Gasteiger partial charge in [-0.2, -0.15) is 0 Å². The fraction of sp³-hybridized carbons (Fsp3) is 0.600. The second-order valence-corrected chi connectivity index (χ2v) is 6.75. The van der Waals surface area contributed by atoms with Crippen molar-refractivity contribution in [1.82, 2.24) is 15.1 Å². The number of nitrogens with zero attached hydrogens (tertiary/aromatic N) is 2. The molecule has 2 amide bonds. The van der Waals surface area contributed by atoms with Gasteiger partial charge in [-0.25, -0.2) is 0 Å². The zero-order chi connectivity index (χ0) is 18.1. The summed E-state index contributed by atoms with van der Waals surface area (Å²) in [4.78, 5) is 28.3. The molecular weight excluding hydrogens is 314 g/mol. The van der Waals surface area contributed by atoms with Crippen molar-refractivity contribution in [3.63, 3.8) is 0 Å². The van der Waals surface area contributed by atoms with E-state index in [4.69, 9.17) is 0 Å². The van der Waals surface area contributed by atoms with Gasteiger partial charge in [0.25, 0.3) is 0 Å². The highest BCUT2D eigenvalue weighted by molar-refractivity contribution is 5.79. The number of nitrogens with one attached hydrogen (secondary N) is 1. The van der Waals surface area contributed by atoms with E-state index < -0.39 is 0 Å². The Labute approximate surface area is 151 Å². The first-order chi connectivity index (χ1) is 12.1. The van der Waals surface area contributed by atoms with Gasteiger partial charge in [-0.3, -0.25) is 9.59 Å². The highest BCUT2D eigenvalue weighted by Gasteiger charge is 2.19. The van der Waals surface area contributed by atoms with Gasteiger partial charge in [0.2, 0.25) is 11.8 Å². The molecule has 0 aliphatic carbocycles. The van der Waals surface area contributed by atoms with Crippen molar-refractivity contribution in [2.24, 2.45) is 0 Å². The molecule has 0 atom stereocenters. The Morgan fingerprint density at radius 1 is 1.04 bits per heavy atom. The highest BCUT2D eigenvalue weighted by atomic mass is 16.2. The van der Waals surface area contributed by atoms with Crippen molar-refractivity contribution in [2.75, 3.05) is 39.3 Å².